The second kappa shape index (κ2) is 7.48. The number of rotatable bonds is 4. The monoisotopic (exact) mass is 364 g/mol. The molecule has 6 nitrogen and oxygen atoms in total. The van der Waals surface area contributed by atoms with Crippen molar-refractivity contribution in [2.45, 2.75) is 31.8 Å². The van der Waals surface area contributed by atoms with Crippen molar-refractivity contribution in [3.8, 4) is 11.1 Å². The number of hydrogen-bond acceptors (Lipinski definition) is 4. The third kappa shape index (κ3) is 3.85. The van der Waals surface area contributed by atoms with Crippen molar-refractivity contribution in [1.29, 1.82) is 0 Å². The molecule has 0 spiro atoms. The average Bonchev–Trinajstić information content (AvgIpc) is 3.14. The fourth-order valence-corrected chi connectivity index (χ4v) is 3.75. The highest BCUT2D eigenvalue weighted by atomic mass is 16.5. The van der Waals surface area contributed by atoms with E-state index in [9.17, 15) is 4.79 Å². The summed E-state index contributed by atoms with van der Waals surface area (Å²) in [6.07, 6.45) is 9.54. The maximum absolute atomic E-state index is 12.6. The number of ether oxygens (including phenoxy) is 1. The maximum Gasteiger partial charge on any atom is 0.228 e. The molecule has 0 bridgehead atoms. The van der Waals surface area contributed by atoms with Crippen LogP contribution in [0.25, 0.3) is 21.9 Å². The molecule has 0 unspecified atom stereocenters. The Bertz CT molecular complexity index is 958. The van der Waals surface area contributed by atoms with E-state index in [0.29, 0.717) is 11.9 Å². The van der Waals surface area contributed by atoms with Crippen LogP contribution in [0.4, 0.5) is 5.82 Å². The van der Waals surface area contributed by atoms with Crippen LogP contribution in [0.5, 0.6) is 0 Å². The molecule has 0 saturated heterocycles. The van der Waals surface area contributed by atoms with E-state index in [1.54, 1.807) is 18.0 Å². The number of carbonyl (C=O) groups excluding carboxylic acids is 1. The Hall–Kier alpha value is -2.73. The number of benzene rings is 1. The number of nitrogens with zero attached hydrogens (tertiary/aromatic N) is 3. The number of anilines is 1. The fourth-order valence-electron chi connectivity index (χ4n) is 3.75. The van der Waals surface area contributed by atoms with Gasteiger partial charge in [0.1, 0.15) is 5.82 Å². The molecule has 3 aromatic rings. The maximum atomic E-state index is 12.6. The third-order valence-corrected chi connectivity index (χ3v) is 5.39. The molecule has 1 saturated carbocycles. The summed E-state index contributed by atoms with van der Waals surface area (Å²) in [5.74, 6) is 0.695. The van der Waals surface area contributed by atoms with Crippen molar-refractivity contribution in [2.24, 2.45) is 13.0 Å². The minimum atomic E-state index is 0.0376. The van der Waals surface area contributed by atoms with Gasteiger partial charge >= 0.3 is 0 Å². The van der Waals surface area contributed by atoms with E-state index in [1.807, 2.05) is 31.6 Å². The molecule has 6 heteroatoms. The van der Waals surface area contributed by atoms with Crippen LogP contribution in [0, 0.1) is 5.92 Å². The lowest BCUT2D eigenvalue weighted by Gasteiger charge is -2.26. The van der Waals surface area contributed by atoms with Gasteiger partial charge in [-0.1, -0.05) is 12.1 Å². The van der Waals surface area contributed by atoms with Crippen LogP contribution in [-0.2, 0) is 16.6 Å². The van der Waals surface area contributed by atoms with Gasteiger partial charge in [0.25, 0.3) is 0 Å². The molecule has 1 aliphatic carbocycles. The first-order valence-electron chi connectivity index (χ1n) is 9.35. The van der Waals surface area contributed by atoms with Gasteiger partial charge in [-0.3, -0.25) is 9.48 Å². The Labute approximate surface area is 158 Å². The van der Waals surface area contributed by atoms with Crippen molar-refractivity contribution >= 4 is 22.5 Å². The quantitative estimate of drug-likeness (QED) is 0.765. The van der Waals surface area contributed by atoms with Crippen LogP contribution in [0.3, 0.4) is 0 Å². The largest absolute Gasteiger partial charge is 0.381 e. The van der Waals surface area contributed by atoms with Gasteiger partial charge in [-0.15, -0.1) is 0 Å². The molecule has 0 atom stereocenters. The average molecular weight is 364 g/mol. The number of nitrogens with one attached hydrogen (secondary N) is 1. The van der Waals surface area contributed by atoms with E-state index in [0.717, 1.165) is 47.6 Å². The van der Waals surface area contributed by atoms with Gasteiger partial charge in [-0.05, 0) is 48.8 Å². The first kappa shape index (κ1) is 17.7. The van der Waals surface area contributed by atoms with Gasteiger partial charge < -0.3 is 10.1 Å². The summed E-state index contributed by atoms with van der Waals surface area (Å²) in [6, 6.07) is 8.15. The van der Waals surface area contributed by atoms with Crippen LogP contribution >= 0.6 is 0 Å². The molecule has 1 fully saturated rings. The Morgan fingerprint density at radius 3 is 2.63 bits per heavy atom. The molecule has 1 amide bonds. The van der Waals surface area contributed by atoms with E-state index in [-0.39, 0.29) is 11.8 Å². The summed E-state index contributed by atoms with van der Waals surface area (Å²) in [5.41, 5.74) is 2.16. The molecule has 2 aromatic heterocycles. The zero-order chi connectivity index (χ0) is 18.8. The Morgan fingerprint density at radius 2 is 1.93 bits per heavy atom. The Balaban J connectivity index is 1.51. The molecule has 1 aliphatic rings. The Morgan fingerprint density at radius 1 is 1.11 bits per heavy atom. The highest BCUT2D eigenvalue weighted by Gasteiger charge is 2.26. The fraction of sp³-hybridized carbons (Fsp3) is 0.381. The molecule has 1 aromatic carbocycles. The van der Waals surface area contributed by atoms with Crippen molar-refractivity contribution in [2.75, 3.05) is 12.4 Å². The normalized spacial score (nSPS) is 19.9. The minimum Gasteiger partial charge on any atom is -0.381 e. The molecule has 0 radical (unpaired) electrons. The molecular weight excluding hydrogens is 340 g/mol. The number of methoxy groups -OCH3 is 1. The molecule has 2 heterocycles. The van der Waals surface area contributed by atoms with Crippen LogP contribution in [0.1, 0.15) is 25.7 Å². The van der Waals surface area contributed by atoms with E-state index in [4.69, 9.17) is 4.74 Å². The molecule has 27 heavy (non-hydrogen) atoms. The zero-order valence-corrected chi connectivity index (χ0v) is 15.7. The van der Waals surface area contributed by atoms with Crippen molar-refractivity contribution < 1.29 is 9.53 Å². The van der Waals surface area contributed by atoms with Crippen LogP contribution in [-0.4, -0.2) is 33.9 Å². The Kier molecular flexibility index (Phi) is 4.90. The summed E-state index contributed by atoms with van der Waals surface area (Å²) in [4.78, 5) is 17.0. The van der Waals surface area contributed by atoms with Crippen LogP contribution in [0.15, 0.2) is 42.9 Å². The smallest absolute Gasteiger partial charge is 0.228 e. The molecule has 0 aliphatic heterocycles. The summed E-state index contributed by atoms with van der Waals surface area (Å²) in [6.45, 7) is 0. The lowest BCUT2D eigenvalue weighted by Crippen LogP contribution is -2.29. The molecule has 4 rings (SSSR count). The number of carbonyl (C=O) groups is 1. The lowest BCUT2D eigenvalue weighted by molar-refractivity contribution is -0.121. The highest BCUT2D eigenvalue weighted by Crippen LogP contribution is 2.28. The van der Waals surface area contributed by atoms with Gasteiger partial charge in [0.15, 0.2) is 0 Å². The van der Waals surface area contributed by atoms with Gasteiger partial charge in [0.2, 0.25) is 5.91 Å². The number of pyridine rings is 1. The summed E-state index contributed by atoms with van der Waals surface area (Å²) >= 11 is 0. The van der Waals surface area contributed by atoms with E-state index >= 15 is 0 Å². The van der Waals surface area contributed by atoms with E-state index < -0.39 is 0 Å². The standard InChI is InChI=1S/C21H24N4O2/c1-25-13-18(12-23-25)15-3-4-16-11-22-20(10-17(16)9-15)24-21(26)14-5-7-19(27-2)8-6-14/h3-4,9-14,19H,5-8H2,1-2H3,(H,22,24,26)/t14-,19-. The van der Waals surface area contributed by atoms with Crippen molar-refractivity contribution in [3.05, 3.63) is 42.9 Å². The molecular formula is C21H24N4O2. The van der Waals surface area contributed by atoms with Crippen LogP contribution < -0.4 is 5.32 Å². The number of aromatic nitrogens is 3. The van der Waals surface area contributed by atoms with Crippen molar-refractivity contribution in [3.63, 3.8) is 0 Å². The SMILES string of the molecule is CO[C@H]1CC[C@H](C(=O)Nc2cc3cc(-c4cnn(C)c4)ccc3cn2)CC1. The number of aryl methyl sites for hydroxylation is 1. The van der Waals surface area contributed by atoms with Gasteiger partial charge in [-0.2, -0.15) is 5.10 Å². The minimum absolute atomic E-state index is 0.0376. The molecule has 140 valence electrons. The third-order valence-electron chi connectivity index (χ3n) is 5.39. The van der Waals surface area contributed by atoms with Gasteiger partial charge in [0.05, 0.1) is 12.3 Å². The first-order chi connectivity index (χ1) is 13.1. The summed E-state index contributed by atoms with van der Waals surface area (Å²) < 4.78 is 7.17. The van der Waals surface area contributed by atoms with Crippen LogP contribution in [0.2, 0.25) is 0 Å². The van der Waals surface area contributed by atoms with Gasteiger partial charge in [-0.25, -0.2) is 4.98 Å². The predicted molar refractivity (Wildman–Crippen MR) is 105 cm³/mol. The summed E-state index contributed by atoms with van der Waals surface area (Å²) in [7, 11) is 3.64. The summed E-state index contributed by atoms with van der Waals surface area (Å²) in [5, 5.41) is 9.31. The van der Waals surface area contributed by atoms with E-state index in [2.05, 4.69) is 27.5 Å². The second-order valence-corrected chi connectivity index (χ2v) is 7.23. The molecule has 1 N–H and O–H groups in total. The van der Waals surface area contributed by atoms with E-state index in [1.165, 1.54) is 0 Å². The first-order valence-corrected chi connectivity index (χ1v) is 9.35. The predicted octanol–water partition coefficient (Wildman–Crippen LogP) is 3.78. The lowest BCUT2D eigenvalue weighted by atomic mass is 9.87. The zero-order valence-electron chi connectivity index (χ0n) is 15.7. The topological polar surface area (TPSA) is 69.0 Å². The number of hydrogen-bond donors (Lipinski definition) is 1. The van der Waals surface area contributed by atoms with Gasteiger partial charge in [0, 0.05) is 43.4 Å². The highest BCUT2D eigenvalue weighted by molar-refractivity contribution is 5.95. The second-order valence-electron chi connectivity index (χ2n) is 7.23. The number of fused-ring (bicyclic) bond motifs is 1. The number of amides is 1. The van der Waals surface area contributed by atoms with Crippen molar-refractivity contribution in [1.82, 2.24) is 14.8 Å².